The number of benzene rings is 1. The number of nitrogens with one attached hydrogen (secondary N) is 2. The summed E-state index contributed by atoms with van der Waals surface area (Å²) in [5, 5.41) is 4.87. The zero-order chi connectivity index (χ0) is 17.1. The number of carbonyl (C=O) groups is 3. The Labute approximate surface area is 135 Å². The van der Waals surface area contributed by atoms with Crippen molar-refractivity contribution in [3.05, 3.63) is 29.8 Å². The second-order valence-electron chi connectivity index (χ2n) is 4.94. The zero-order valence-electron chi connectivity index (χ0n) is 13.3. The van der Waals surface area contributed by atoms with Gasteiger partial charge in [-0.25, -0.2) is 0 Å². The van der Waals surface area contributed by atoms with Crippen molar-refractivity contribution in [2.24, 2.45) is 5.73 Å². The van der Waals surface area contributed by atoms with Crippen LogP contribution in [0.5, 0.6) is 0 Å². The lowest BCUT2D eigenvalue weighted by molar-refractivity contribution is -0.136. The topological polar surface area (TPSA) is 111 Å². The van der Waals surface area contributed by atoms with E-state index in [0.717, 1.165) is 12.8 Å². The summed E-state index contributed by atoms with van der Waals surface area (Å²) in [6, 6.07) is 6.23. The molecule has 0 saturated heterocycles. The van der Waals surface area contributed by atoms with Crippen LogP contribution in [0.2, 0.25) is 0 Å². The third-order valence-electron chi connectivity index (χ3n) is 3.04. The first-order valence-electron chi connectivity index (χ1n) is 7.62. The van der Waals surface area contributed by atoms with Crippen molar-refractivity contribution in [3.63, 3.8) is 0 Å². The van der Waals surface area contributed by atoms with Gasteiger partial charge in [-0.2, -0.15) is 0 Å². The molecule has 0 bridgehead atoms. The van der Waals surface area contributed by atoms with E-state index in [2.05, 4.69) is 17.6 Å². The van der Waals surface area contributed by atoms with Crippen LogP contribution in [-0.2, 0) is 14.3 Å². The van der Waals surface area contributed by atoms with Gasteiger partial charge in [-0.1, -0.05) is 25.5 Å². The van der Waals surface area contributed by atoms with Gasteiger partial charge in [0.2, 0.25) is 0 Å². The van der Waals surface area contributed by atoms with Gasteiger partial charge in [-0.3, -0.25) is 14.4 Å². The van der Waals surface area contributed by atoms with Crippen LogP contribution in [0, 0.1) is 0 Å². The molecule has 126 valence electrons. The summed E-state index contributed by atoms with van der Waals surface area (Å²) < 4.78 is 5.35. The molecule has 7 heteroatoms. The average molecular weight is 321 g/mol. The van der Waals surface area contributed by atoms with E-state index in [-0.39, 0.29) is 11.3 Å². The molecule has 4 N–H and O–H groups in total. The Kier molecular flexibility index (Phi) is 8.38. The Hall–Kier alpha value is -2.41. The lowest BCUT2D eigenvalue weighted by Gasteiger charge is -2.09. The molecule has 0 aromatic heterocycles. The first kappa shape index (κ1) is 18.6. The van der Waals surface area contributed by atoms with Gasteiger partial charge < -0.3 is 21.1 Å². The number of para-hydroxylation sites is 1. The van der Waals surface area contributed by atoms with E-state index in [0.29, 0.717) is 26.2 Å². The molecule has 0 aliphatic rings. The van der Waals surface area contributed by atoms with Gasteiger partial charge in [-0.05, 0) is 25.0 Å². The van der Waals surface area contributed by atoms with Crippen molar-refractivity contribution in [2.75, 3.05) is 25.1 Å². The number of ether oxygens (including phenoxy) is 1. The van der Waals surface area contributed by atoms with Gasteiger partial charge in [0.05, 0.1) is 11.3 Å². The number of rotatable bonds is 9. The molecule has 0 heterocycles. The lowest BCUT2D eigenvalue weighted by Crippen LogP contribution is -2.36. The number of hydrogen-bond donors (Lipinski definition) is 3. The first-order valence-corrected chi connectivity index (χ1v) is 7.62. The number of nitrogens with two attached hydrogens (primary N) is 1. The quantitative estimate of drug-likeness (QED) is 0.466. The van der Waals surface area contributed by atoms with Crippen LogP contribution in [0.15, 0.2) is 24.3 Å². The second-order valence-corrected chi connectivity index (χ2v) is 4.94. The fourth-order valence-electron chi connectivity index (χ4n) is 1.79. The van der Waals surface area contributed by atoms with E-state index >= 15 is 0 Å². The van der Waals surface area contributed by atoms with Crippen LogP contribution < -0.4 is 16.4 Å². The Morgan fingerprint density at radius 2 is 1.78 bits per heavy atom. The van der Waals surface area contributed by atoms with Gasteiger partial charge in [0.1, 0.15) is 0 Å². The highest BCUT2D eigenvalue weighted by Crippen LogP contribution is 2.13. The minimum absolute atomic E-state index is 0.151. The fourth-order valence-corrected chi connectivity index (χ4v) is 1.79. The normalized spacial score (nSPS) is 10.1. The zero-order valence-corrected chi connectivity index (χ0v) is 13.3. The first-order chi connectivity index (χ1) is 11.1. The number of unbranched alkanes of at least 4 members (excludes halogenated alkanes) is 1. The van der Waals surface area contributed by atoms with E-state index in [1.54, 1.807) is 12.1 Å². The highest BCUT2D eigenvalue weighted by atomic mass is 16.5. The Morgan fingerprint density at radius 1 is 1.09 bits per heavy atom. The predicted molar refractivity (Wildman–Crippen MR) is 86.9 cm³/mol. The number of carbonyl (C=O) groups excluding carboxylic acids is 3. The Bertz CT molecular complexity index is 546. The maximum absolute atomic E-state index is 11.8. The summed E-state index contributed by atoms with van der Waals surface area (Å²) in [4.78, 5) is 34.7. The molecule has 0 fully saturated rings. The van der Waals surface area contributed by atoms with Crippen LogP contribution in [0.25, 0.3) is 0 Å². The van der Waals surface area contributed by atoms with E-state index in [4.69, 9.17) is 10.5 Å². The van der Waals surface area contributed by atoms with Crippen LogP contribution in [0.1, 0.15) is 36.5 Å². The lowest BCUT2D eigenvalue weighted by atomic mass is 10.1. The summed E-state index contributed by atoms with van der Waals surface area (Å²) in [6.45, 7) is 3.66. The van der Waals surface area contributed by atoms with E-state index in [1.165, 1.54) is 12.1 Å². The van der Waals surface area contributed by atoms with Crippen molar-refractivity contribution in [1.29, 1.82) is 0 Å². The highest BCUT2D eigenvalue weighted by Gasteiger charge is 2.16. The molecule has 0 atom stereocenters. The minimum atomic E-state index is -0.842. The van der Waals surface area contributed by atoms with E-state index < -0.39 is 17.7 Å². The molecule has 0 aliphatic heterocycles. The van der Waals surface area contributed by atoms with Crippen molar-refractivity contribution in [2.45, 2.75) is 26.2 Å². The standard InChI is InChI=1S/C16H23N3O4/c1-2-3-10-23-11-6-9-18-15(21)16(22)19-13-8-5-4-7-12(13)14(17)20/h4-5,7-8H,2-3,6,9-11H2,1H3,(H2,17,20)(H,18,21)(H,19,22). The van der Waals surface area contributed by atoms with Gasteiger partial charge in [0.25, 0.3) is 5.91 Å². The maximum Gasteiger partial charge on any atom is 0.313 e. The molecule has 0 unspecified atom stereocenters. The molecular formula is C16H23N3O4. The van der Waals surface area contributed by atoms with Gasteiger partial charge in [-0.15, -0.1) is 0 Å². The summed E-state index contributed by atoms with van der Waals surface area (Å²) in [5.74, 6) is -2.28. The summed E-state index contributed by atoms with van der Waals surface area (Å²) >= 11 is 0. The average Bonchev–Trinajstić information content (AvgIpc) is 2.54. The molecule has 0 saturated carbocycles. The van der Waals surface area contributed by atoms with Crippen molar-refractivity contribution in [3.8, 4) is 0 Å². The van der Waals surface area contributed by atoms with Crippen molar-refractivity contribution < 1.29 is 19.1 Å². The third-order valence-corrected chi connectivity index (χ3v) is 3.04. The Balaban J connectivity index is 2.35. The molecule has 7 nitrogen and oxygen atoms in total. The molecule has 1 rings (SSSR count). The van der Waals surface area contributed by atoms with Gasteiger partial charge in [0, 0.05) is 19.8 Å². The second kappa shape index (κ2) is 10.3. The van der Waals surface area contributed by atoms with Crippen LogP contribution in [0.4, 0.5) is 5.69 Å². The summed E-state index contributed by atoms with van der Waals surface area (Å²) in [5.41, 5.74) is 5.57. The number of anilines is 1. The SMILES string of the molecule is CCCCOCCCNC(=O)C(=O)Nc1ccccc1C(N)=O. The number of hydrogen-bond acceptors (Lipinski definition) is 4. The van der Waals surface area contributed by atoms with Crippen molar-refractivity contribution in [1.82, 2.24) is 5.32 Å². The largest absolute Gasteiger partial charge is 0.381 e. The fraction of sp³-hybridized carbons (Fsp3) is 0.438. The van der Waals surface area contributed by atoms with E-state index in [9.17, 15) is 14.4 Å². The van der Waals surface area contributed by atoms with Gasteiger partial charge in [0.15, 0.2) is 0 Å². The molecule has 1 aromatic rings. The monoisotopic (exact) mass is 321 g/mol. The predicted octanol–water partition coefficient (Wildman–Crippen LogP) is 1.05. The van der Waals surface area contributed by atoms with Crippen LogP contribution in [0.3, 0.4) is 0 Å². The van der Waals surface area contributed by atoms with Crippen LogP contribution >= 0.6 is 0 Å². The van der Waals surface area contributed by atoms with Gasteiger partial charge >= 0.3 is 11.8 Å². The van der Waals surface area contributed by atoms with Crippen molar-refractivity contribution >= 4 is 23.4 Å². The maximum atomic E-state index is 11.8. The van der Waals surface area contributed by atoms with Crippen LogP contribution in [-0.4, -0.2) is 37.5 Å². The Morgan fingerprint density at radius 3 is 2.48 bits per heavy atom. The number of primary amides is 1. The molecule has 1 aromatic carbocycles. The molecule has 0 aliphatic carbocycles. The molecular weight excluding hydrogens is 298 g/mol. The number of amides is 3. The summed E-state index contributed by atoms with van der Waals surface area (Å²) in [7, 11) is 0. The molecule has 0 spiro atoms. The third kappa shape index (κ3) is 6.92. The minimum Gasteiger partial charge on any atom is -0.381 e. The summed E-state index contributed by atoms with van der Waals surface area (Å²) in [6.07, 6.45) is 2.71. The van der Waals surface area contributed by atoms with E-state index in [1.807, 2.05) is 0 Å². The smallest absolute Gasteiger partial charge is 0.313 e. The molecule has 3 amide bonds. The molecule has 23 heavy (non-hydrogen) atoms. The highest BCUT2D eigenvalue weighted by molar-refractivity contribution is 6.40. The molecule has 0 radical (unpaired) electrons.